The van der Waals surface area contributed by atoms with Crippen LogP contribution < -0.4 is 0 Å². The van der Waals surface area contributed by atoms with Crippen molar-refractivity contribution in [3.8, 4) is 0 Å². The van der Waals surface area contributed by atoms with E-state index in [2.05, 4.69) is 6.07 Å². The molecule has 3 rings (SSSR count). The summed E-state index contributed by atoms with van der Waals surface area (Å²) in [5.41, 5.74) is 3.04. The predicted molar refractivity (Wildman–Crippen MR) is 75.7 cm³/mol. The molecule has 0 N–H and O–H groups in total. The molecule has 0 saturated carbocycles. The number of carbonyl (C=O) groups is 1. The van der Waals surface area contributed by atoms with E-state index >= 15 is 0 Å². The fourth-order valence-electron chi connectivity index (χ4n) is 3.12. The van der Waals surface area contributed by atoms with Gasteiger partial charge in [0, 0.05) is 31.5 Å². The number of benzene rings is 1. The average Bonchev–Trinajstić information content (AvgIpc) is 2.86. The zero-order valence-corrected chi connectivity index (χ0v) is 12.1. The predicted octanol–water partition coefficient (Wildman–Crippen LogP) is 2.28. The number of aryl methyl sites for hydroxylation is 2. The SMILES string of the molecule is Cc1cc(C)cc(C(=O)N2CCC3(CC2)OCCO3)c1. The summed E-state index contributed by atoms with van der Waals surface area (Å²) in [6, 6.07) is 6.01. The Bertz CT molecular complexity index is 490. The first-order valence-electron chi connectivity index (χ1n) is 7.23. The van der Waals surface area contributed by atoms with Gasteiger partial charge >= 0.3 is 0 Å². The van der Waals surface area contributed by atoms with Gasteiger partial charge in [0.05, 0.1) is 13.2 Å². The maximum atomic E-state index is 12.6. The lowest BCUT2D eigenvalue weighted by atomic mass is 10.0. The number of nitrogens with zero attached hydrogens (tertiary/aromatic N) is 1. The molecule has 2 aliphatic heterocycles. The summed E-state index contributed by atoms with van der Waals surface area (Å²) in [4.78, 5) is 14.5. The Labute approximate surface area is 119 Å². The molecule has 0 radical (unpaired) electrons. The van der Waals surface area contributed by atoms with Crippen LogP contribution in [0.5, 0.6) is 0 Å². The van der Waals surface area contributed by atoms with Crippen molar-refractivity contribution in [1.82, 2.24) is 4.90 Å². The third kappa shape index (κ3) is 2.58. The second-order valence-corrected chi connectivity index (χ2v) is 5.78. The highest BCUT2D eigenvalue weighted by Crippen LogP contribution is 2.31. The lowest BCUT2D eigenvalue weighted by Crippen LogP contribution is -2.47. The number of rotatable bonds is 1. The van der Waals surface area contributed by atoms with E-state index in [9.17, 15) is 4.79 Å². The van der Waals surface area contributed by atoms with E-state index in [0.29, 0.717) is 26.3 Å². The van der Waals surface area contributed by atoms with Crippen LogP contribution >= 0.6 is 0 Å². The first-order valence-corrected chi connectivity index (χ1v) is 7.23. The maximum Gasteiger partial charge on any atom is 0.253 e. The summed E-state index contributed by atoms with van der Waals surface area (Å²) >= 11 is 0. The van der Waals surface area contributed by atoms with Gasteiger partial charge in [0.25, 0.3) is 5.91 Å². The second-order valence-electron chi connectivity index (χ2n) is 5.78. The summed E-state index contributed by atoms with van der Waals surface area (Å²) in [6.45, 7) is 6.79. The van der Waals surface area contributed by atoms with Gasteiger partial charge in [-0.25, -0.2) is 0 Å². The highest BCUT2D eigenvalue weighted by Gasteiger charge is 2.40. The van der Waals surface area contributed by atoms with E-state index in [1.807, 2.05) is 30.9 Å². The normalized spacial score (nSPS) is 21.4. The maximum absolute atomic E-state index is 12.6. The number of likely N-dealkylation sites (tertiary alicyclic amines) is 1. The molecular formula is C16H21NO3. The van der Waals surface area contributed by atoms with Gasteiger partial charge in [-0.15, -0.1) is 0 Å². The van der Waals surface area contributed by atoms with Crippen LogP contribution in [0.4, 0.5) is 0 Å². The van der Waals surface area contributed by atoms with Gasteiger partial charge in [-0.05, 0) is 26.0 Å². The lowest BCUT2D eigenvalue weighted by molar-refractivity contribution is -0.181. The Balaban J connectivity index is 1.69. The molecule has 0 bridgehead atoms. The molecule has 20 heavy (non-hydrogen) atoms. The van der Waals surface area contributed by atoms with Crippen LogP contribution in [0.15, 0.2) is 18.2 Å². The van der Waals surface area contributed by atoms with E-state index < -0.39 is 5.79 Å². The van der Waals surface area contributed by atoms with Gasteiger partial charge in [0.1, 0.15) is 0 Å². The number of hydrogen-bond acceptors (Lipinski definition) is 3. The summed E-state index contributed by atoms with van der Waals surface area (Å²) < 4.78 is 11.4. The molecule has 0 aliphatic carbocycles. The minimum Gasteiger partial charge on any atom is -0.347 e. The summed E-state index contributed by atoms with van der Waals surface area (Å²) in [5, 5.41) is 0. The molecule has 1 spiro atoms. The second kappa shape index (κ2) is 5.19. The third-order valence-electron chi connectivity index (χ3n) is 4.09. The first-order chi connectivity index (χ1) is 9.58. The van der Waals surface area contributed by atoms with Gasteiger partial charge in [-0.2, -0.15) is 0 Å². The molecule has 1 aromatic rings. The van der Waals surface area contributed by atoms with Gasteiger partial charge in [0.15, 0.2) is 5.79 Å². The van der Waals surface area contributed by atoms with Crippen molar-refractivity contribution >= 4 is 5.91 Å². The average molecular weight is 275 g/mol. The Morgan fingerprint density at radius 1 is 1.05 bits per heavy atom. The monoisotopic (exact) mass is 275 g/mol. The Kier molecular flexibility index (Phi) is 3.52. The number of piperidine rings is 1. The standard InChI is InChI=1S/C16H21NO3/c1-12-9-13(2)11-14(10-12)15(18)17-5-3-16(4-6-17)19-7-8-20-16/h9-11H,3-8H2,1-2H3. The van der Waals surface area contributed by atoms with Gasteiger partial charge in [-0.3, -0.25) is 4.79 Å². The Morgan fingerprint density at radius 3 is 2.15 bits per heavy atom. The lowest BCUT2D eigenvalue weighted by Gasteiger charge is -2.37. The Morgan fingerprint density at radius 2 is 1.60 bits per heavy atom. The smallest absolute Gasteiger partial charge is 0.253 e. The zero-order valence-electron chi connectivity index (χ0n) is 12.1. The topological polar surface area (TPSA) is 38.8 Å². The molecule has 0 atom stereocenters. The van der Waals surface area contributed by atoms with Crippen molar-refractivity contribution in [1.29, 1.82) is 0 Å². The van der Waals surface area contributed by atoms with Crippen LogP contribution in [-0.4, -0.2) is 42.9 Å². The van der Waals surface area contributed by atoms with E-state index in [1.54, 1.807) is 0 Å². The quantitative estimate of drug-likeness (QED) is 0.789. The molecular weight excluding hydrogens is 254 g/mol. The molecule has 2 saturated heterocycles. The molecule has 4 nitrogen and oxygen atoms in total. The molecule has 1 amide bonds. The van der Waals surface area contributed by atoms with Gasteiger partial charge in [-0.1, -0.05) is 17.2 Å². The fourth-order valence-corrected chi connectivity index (χ4v) is 3.12. The van der Waals surface area contributed by atoms with Crippen LogP contribution in [0.2, 0.25) is 0 Å². The molecule has 0 aromatic heterocycles. The van der Waals surface area contributed by atoms with E-state index in [1.165, 1.54) is 0 Å². The van der Waals surface area contributed by atoms with Crippen molar-refractivity contribution in [2.24, 2.45) is 0 Å². The van der Waals surface area contributed by atoms with Crippen LogP contribution in [0.25, 0.3) is 0 Å². The number of carbonyl (C=O) groups excluding carboxylic acids is 1. The largest absolute Gasteiger partial charge is 0.347 e. The van der Waals surface area contributed by atoms with Crippen LogP contribution in [0, 0.1) is 13.8 Å². The van der Waals surface area contributed by atoms with Crippen molar-refractivity contribution in [2.45, 2.75) is 32.5 Å². The third-order valence-corrected chi connectivity index (χ3v) is 4.09. The summed E-state index contributed by atoms with van der Waals surface area (Å²) in [5.74, 6) is -0.302. The highest BCUT2D eigenvalue weighted by atomic mass is 16.7. The van der Waals surface area contributed by atoms with Crippen LogP contribution in [0.3, 0.4) is 0 Å². The molecule has 4 heteroatoms. The van der Waals surface area contributed by atoms with Gasteiger partial charge < -0.3 is 14.4 Å². The summed E-state index contributed by atoms with van der Waals surface area (Å²) in [6.07, 6.45) is 1.53. The van der Waals surface area contributed by atoms with Crippen molar-refractivity contribution in [3.63, 3.8) is 0 Å². The van der Waals surface area contributed by atoms with E-state index in [-0.39, 0.29) is 5.91 Å². The number of hydrogen-bond donors (Lipinski definition) is 0. The number of amides is 1. The molecule has 1 aromatic carbocycles. The van der Waals surface area contributed by atoms with Gasteiger partial charge in [0.2, 0.25) is 0 Å². The van der Waals surface area contributed by atoms with E-state index in [4.69, 9.17) is 9.47 Å². The highest BCUT2D eigenvalue weighted by molar-refractivity contribution is 5.94. The Hall–Kier alpha value is -1.39. The van der Waals surface area contributed by atoms with Crippen molar-refractivity contribution in [2.75, 3.05) is 26.3 Å². The minimum atomic E-state index is -0.417. The van der Waals surface area contributed by atoms with Crippen molar-refractivity contribution in [3.05, 3.63) is 34.9 Å². The summed E-state index contributed by atoms with van der Waals surface area (Å²) in [7, 11) is 0. The van der Waals surface area contributed by atoms with Crippen molar-refractivity contribution < 1.29 is 14.3 Å². The molecule has 2 aliphatic rings. The minimum absolute atomic E-state index is 0.115. The molecule has 2 heterocycles. The van der Waals surface area contributed by atoms with E-state index in [0.717, 1.165) is 29.5 Å². The fraction of sp³-hybridized carbons (Fsp3) is 0.562. The molecule has 0 unspecified atom stereocenters. The number of ether oxygens (including phenoxy) is 2. The molecule has 2 fully saturated rings. The van der Waals surface area contributed by atoms with Crippen LogP contribution in [-0.2, 0) is 9.47 Å². The first kappa shape index (κ1) is 13.6. The van der Waals surface area contributed by atoms with Crippen LogP contribution in [0.1, 0.15) is 34.3 Å². The molecule has 108 valence electrons. The zero-order chi connectivity index (χ0) is 14.2.